The number of rotatable bonds is 7. The maximum absolute atomic E-state index is 7.49. The SMILES string of the molecule is C=C(C)c1ccc(C2=CCC3(C)C(CCC4(C)C5CCC6(NCCC7CCN(CC)C7)CCCC6C5CCC43)C2(C)N)cc1. The van der Waals surface area contributed by atoms with Gasteiger partial charge in [-0.3, -0.25) is 0 Å². The second-order valence-electron chi connectivity index (χ2n) is 17.4. The lowest BCUT2D eigenvalue weighted by atomic mass is 9.37. The van der Waals surface area contributed by atoms with E-state index in [-0.39, 0.29) is 5.54 Å². The highest BCUT2D eigenvalue weighted by molar-refractivity contribution is 5.76. The molecule has 6 aliphatic rings. The standard InChI is InChI=1S/C41H63N3/c1-7-44-26-20-29(27-44)19-25-43-41-21-8-9-35(41)32-14-15-36-38(4,34(32)17-24-41)23-18-37-39(36,5)22-16-33(40(37,6)42)31-12-10-30(11-13-31)28(2)3/h10-13,16,29,32,34-37,43H,2,7-9,14-15,17-27,42H2,1,3-6H3. The van der Waals surface area contributed by atoms with Crippen LogP contribution in [-0.4, -0.2) is 42.2 Å². The van der Waals surface area contributed by atoms with E-state index >= 15 is 0 Å². The van der Waals surface area contributed by atoms with Crippen molar-refractivity contribution in [3.63, 3.8) is 0 Å². The third-order valence-electron chi connectivity index (χ3n) is 15.4. The van der Waals surface area contributed by atoms with Crippen LogP contribution in [0.25, 0.3) is 11.1 Å². The zero-order valence-electron chi connectivity index (χ0n) is 28.9. The molecule has 44 heavy (non-hydrogen) atoms. The smallest absolute Gasteiger partial charge is 0.0417 e. The van der Waals surface area contributed by atoms with Gasteiger partial charge in [0.2, 0.25) is 0 Å². The van der Waals surface area contributed by atoms with E-state index in [0.29, 0.717) is 22.3 Å². The maximum Gasteiger partial charge on any atom is 0.0417 e. The Kier molecular flexibility index (Phi) is 8.07. The van der Waals surface area contributed by atoms with E-state index in [1.165, 1.54) is 120 Å². The van der Waals surface area contributed by atoms with Crippen LogP contribution in [0.1, 0.15) is 123 Å². The van der Waals surface area contributed by atoms with Crippen molar-refractivity contribution in [3.05, 3.63) is 48.0 Å². The third-order valence-corrected chi connectivity index (χ3v) is 15.4. The summed E-state index contributed by atoms with van der Waals surface area (Å²) in [6.07, 6.45) is 19.3. The van der Waals surface area contributed by atoms with E-state index in [1.54, 1.807) is 0 Å². The molecule has 10 atom stereocenters. The largest absolute Gasteiger partial charge is 0.321 e. The summed E-state index contributed by atoms with van der Waals surface area (Å²) in [7, 11) is 0. The van der Waals surface area contributed by atoms with Crippen LogP contribution in [0, 0.1) is 46.3 Å². The Balaban J connectivity index is 1.08. The van der Waals surface area contributed by atoms with Gasteiger partial charge >= 0.3 is 0 Å². The molecule has 5 fully saturated rings. The second-order valence-corrected chi connectivity index (χ2v) is 17.4. The first-order valence-corrected chi connectivity index (χ1v) is 18.7. The molecule has 7 rings (SSSR count). The van der Waals surface area contributed by atoms with Gasteiger partial charge in [-0.25, -0.2) is 0 Å². The van der Waals surface area contributed by atoms with Crippen LogP contribution in [0.3, 0.4) is 0 Å². The van der Waals surface area contributed by atoms with Gasteiger partial charge in [0.25, 0.3) is 0 Å². The van der Waals surface area contributed by atoms with Gasteiger partial charge in [0.1, 0.15) is 0 Å². The van der Waals surface area contributed by atoms with E-state index < -0.39 is 0 Å². The molecule has 4 saturated carbocycles. The van der Waals surface area contributed by atoms with Crippen molar-refractivity contribution in [1.29, 1.82) is 0 Å². The highest BCUT2D eigenvalue weighted by Crippen LogP contribution is 2.71. The summed E-state index contributed by atoms with van der Waals surface area (Å²) in [4.78, 5) is 2.65. The zero-order valence-corrected chi connectivity index (χ0v) is 28.9. The van der Waals surface area contributed by atoms with Gasteiger partial charge < -0.3 is 16.0 Å². The number of nitrogens with zero attached hydrogens (tertiary/aromatic N) is 1. The van der Waals surface area contributed by atoms with Gasteiger partial charge in [0.05, 0.1) is 0 Å². The fourth-order valence-electron chi connectivity index (χ4n) is 13.2. The molecule has 1 aliphatic heterocycles. The Morgan fingerprint density at radius 2 is 1.73 bits per heavy atom. The molecule has 5 aliphatic carbocycles. The minimum Gasteiger partial charge on any atom is -0.321 e. The average molecular weight is 598 g/mol. The van der Waals surface area contributed by atoms with Gasteiger partial charge in [-0.15, -0.1) is 0 Å². The van der Waals surface area contributed by atoms with Crippen molar-refractivity contribution >= 4 is 11.1 Å². The summed E-state index contributed by atoms with van der Waals surface area (Å²) in [6.45, 7) is 21.5. The summed E-state index contributed by atoms with van der Waals surface area (Å²) in [5.41, 5.74) is 13.4. The van der Waals surface area contributed by atoms with Crippen molar-refractivity contribution in [2.24, 2.45) is 52.1 Å². The van der Waals surface area contributed by atoms with Crippen molar-refractivity contribution in [1.82, 2.24) is 10.2 Å². The first-order valence-electron chi connectivity index (χ1n) is 18.7. The second kappa shape index (κ2) is 11.4. The van der Waals surface area contributed by atoms with Crippen LogP contribution in [0.15, 0.2) is 36.9 Å². The van der Waals surface area contributed by atoms with Gasteiger partial charge in [-0.05, 0) is 167 Å². The quantitative estimate of drug-likeness (QED) is 0.330. The van der Waals surface area contributed by atoms with E-state index in [2.05, 4.69) is 81.8 Å². The number of hydrogen-bond acceptors (Lipinski definition) is 3. The first-order chi connectivity index (χ1) is 21.0. The minimum atomic E-state index is -0.291. The summed E-state index contributed by atoms with van der Waals surface area (Å²) in [5, 5.41) is 4.32. The van der Waals surface area contributed by atoms with Gasteiger partial charge in [-0.2, -0.15) is 0 Å². The van der Waals surface area contributed by atoms with Gasteiger partial charge in [0, 0.05) is 17.6 Å². The van der Waals surface area contributed by atoms with Gasteiger partial charge in [-0.1, -0.05) is 69.7 Å². The Morgan fingerprint density at radius 1 is 0.932 bits per heavy atom. The van der Waals surface area contributed by atoms with Gasteiger partial charge in [0.15, 0.2) is 0 Å². The molecule has 0 bridgehead atoms. The Bertz CT molecular complexity index is 1260. The number of likely N-dealkylation sites (tertiary alicyclic amines) is 1. The molecule has 10 unspecified atom stereocenters. The third kappa shape index (κ3) is 4.84. The van der Waals surface area contributed by atoms with E-state index in [9.17, 15) is 0 Å². The van der Waals surface area contributed by atoms with E-state index in [0.717, 1.165) is 35.2 Å². The van der Waals surface area contributed by atoms with Crippen LogP contribution in [0.4, 0.5) is 0 Å². The fraction of sp³-hybridized carbons (Fsp3) is 0.756. The molecule has 3 nitrogen and oxygen atoms in total. The number of allylic oxidation sites excluding steroid dienone is 2. The van der Waals surface area contributed by atoms with Crippen LogP contribution in [-0.2, 0) is 0 Å². The highest BCUT2D eigenvalue weighted by Gasteiger charge is 2.65. The Labute approximate surface area is 269 Å². The molecular formula is C41H63N3. The van der Waals surface area contributed by atoms with Crippen molar-refractivity contribution in [3.8, 4) is 0 Å². The molecule has 0 spiro atoms. The molecule has 242 valence electrons. The molecule has 3 N–H and O–H groups in total. The topological polar surface area (TPSA) is 41.3 Å². The molecular weight excluding hydrogens is 534 g/mol. The lowest BCUT2D eigenvalue weighted by molar-refractivity contribution is -0.166. The van der Waals surface area contributed by atoms with Crippen LogP contribution in [0.5, 0.6) is 0 Å². The van der Waals surface area contributed by atoms with Crippen LogP contribution >= 0.6 is 0 Å². The van der Waals surface area contributed by atoms with Crippen LogP contribution in [0.2, 0.25) is 0 Å². The monoisotopic (exact) mass is 598 g/mol. The van der Waals surface area contributed by atoms with Crippen molar-refractivity contribution in [2.75, 3.05) is 26.2 Å². The molecule has 0 aromatic heterocycles. The number of fused-ring (bicyclic) bond motifs is 7. The van der Waals surface area contributed by atoms with Crippen molar-refractivity contribution in [2.45, 2.75) is 123 Å². The number of hydrogen-bond donors (Lipinski definition) is 2. The number of nitrogens with two attached hydrogens (primary N) is 1. The zero-order chi connectivity index (χ0) is 30.9. The Morgan fingerprint density at radius 3 is 2.45 bits per heavy atom. The molecule has 0 amide bonds. The highest BCUT2D eigenvalue weighted by atomic mass is 15.1. The van der Waals surface area contributed by atoms with Crippen molar-refractivity contribution < 1.29 is 0 Å². The summed E-state index contributed by atoms with van der Waals surface area (Å²) < 4.78 is 0. The summed E-state index contributed by atoms with van der Waals surface area (Å²) >= 11 is 0. The lowest BCUT2D eigenvalue weighted by Crippen LogP contribution is -2.65. The number of nitrogens with one attached hydrogen (secondary N) is 1. The molecule has 0 radical (unpaired) electrons. The minimum absolute atomic E-state index is 0.290. The van der Waals surface area contributed by atoms with E-state index in [4.69, 9.17) is 5.73 Å². The Hall–Kier alpha value is -1.42. The van der Waals surface area contributed by atoms with Crippen LogP contribution < -0.4 is 11.1 Å². The molecule has 3 heteroatoms. The van der Waals surface area contributed by atoms with E-state index in [1.807, 2.05) is 0 Å². The normalized spacial score (nSPS) is 45.2. The average Bonchev–Trinajstić information content (AvgIpc) is 3.64. The molecule has 1 heterocycles. The maximum atomic E-state index is 7.49. The molecule has 1 aromatic carbocycles. The fourth-order valence-corrected chi connectivity index (χ4v) is 13.2. The predicted octanol–water partition coefficient (Wildman–Crippen LogP) is 8.94. The predicted molar refractivity (Wildman–Crippen MR) is 187 cm³/mol. The summed E-state index contributed by atoms with van der Waals surface area (Å²) in [5.74, 6) is 4.96. The molecule has 1 aromatic rings. The molecule has 1 saturated heterocycles. The first kappa shape index (κ1) is 31.2. The summed E-state index contributed by atoms with van der Waals surface area (Å²) in [6, 6.07) is 9.05. The number of benzene rings is 1. The lowest BCUT2D eigenvalue weighted by Gasteiger charge is -2.68.